The fourth-order valence-corrected chi connectivity index (χ4v) is 2.39. The van der Waals surface area contributed by atoms with E-state index in [1.54, 1.807) is 12.3 Å². The van der Waals surface area contributed by atoms with E-state index in [9.17, 15) is 4.79 Å². The van der Waals surface area contributed by atoms with E-state index < -0.39 is 0 Å². The van der Waals surface area contributed by atoms with Gasteiger partial charge >= 0.3 is 0 Å². The van der Waals surface area contributed by atoms with Gasteiger partial charge in [0.05, 0.1) is 23.3 Å². The Morgan fingerprint density at radius 2 is 2.00 bits per heavy atom. The summed E-state index contributed by atoms with van der Waals surface area (Å²) in [7, 11) is 0. The van der Waals surface area contributed by atoms with Crippen LogP contribution in [-0.4, -0.2) is 25.9 Å². The quantitative estimate of drug-likeness (QED) is 0.777. The predicted octanol–water partition coefficient (Wildman–Crippen LogP) is 3.16. The Morgan fingerprint density at radius 3 is 2.65 bits per heavy atom. The lowest BCUT2D eigenvalue weighted by Crippen LogP contribution is -2.13. The second kappa shape index (κ2) is 6.08. The van der Waals surface area contributed by atoms with Crippen LogP contribution in [0.5, 0.6) is 0 Å². The van der Waals surface area contributed by atoms with Gasteiger partial charge in [-0.1, -0.05) is 29.8 Å². The summed E-state index contributed by atoms with van der Waals surface area (Å²) >= 11 is 0. The second-order valence-electron chi connectivity index (χ2n) is 5.45. The molecule has 2 heterocycles. The summed E-state index contributed by atoms with van der Waals surface area (Å²) in [6.45, 7) is 6.74. The molecule has 0 aliphatic rings. The van der Waals surface area contributed by atoms with Crippen molar-refractivity contribution < 1.29 is 4.79 Å². The van der Waals surface area contributed by atoms with Crippen molar-refractivity contribution in [1.29, 1.82) is 0 Å². The van der Waals surface area contributed by atoms with Gasteiger partial charge in [-0.15, -0.1) is 0 Å². The zero-order chi connectivity index (χ0) is 16.4. The van der Waals surface area contributed by atoms with E-state index in [-0.39, 0.29) is 5.91 Å². The highest BCUT2D eigenvalue weighted by Crippen LogP contribution is 2.19. The number of hydrogen-bond acceptors (Lipinski definition) is 3. The number of amides is 1. The van der Waals surface area contributed by atoms with E-state index >= 15 is 0 Å². The molecule has 3 rings (SSSR count). The number of benzene rings is 1. The first-order valence-electron chi connectivity index (χ1n) is 7.54. The number of H-pyrrole nitrogens is 1. The lowest BCUT2D eigenvalue weighted by Gasteiger charge is -2.03. The van der Waals surface area contributed by atoms with E-state index in [1.165, 1.54) is 5.56 Å². The van der Waals surface area contributed by atoms with Gasteiger partial charge < -0.3 is 5.32 Å². The molecule has 0 saturated carbocycles. The molecule has 6 nitrogen and oxygen atoms in total. The predicted molar refractivity (Wildman–Crippen MR) is 89.4 cm³/mol. The molecule has 0 saturated heterocycles. The number of anilines is 1. The van der Waals surface area contributed by atoms with E-state index in [0.29, 0.717) is 11.4 Å². The first kappa shape index (κ1) is 15.0. The minimum Gasteiger partial charge on any atom is -0.318 e. The van der Waals surface area contributed by atoms with Crippen molar-refractivity contribution in [2.45, 2.75) is 27.3 Å². The van der Waals surface area contributed by atoms with Gasteiger partial charge in [0.15, 0.2) is 0 Å². The van der Waals surface area contributed by atoms with Crippen molar-refractivity contribution in [2.24, 2.45) is 0 Å². The Morgan fingerprint density at radius 1 is 1.26 bits per heavy atom. The molecule has 3 aromatic rings. The molecule has 0 radical (unpaired) electrons. The van der Waals surface area contributed by atoms with E-state index in [2.05, 4.69) is 20.6 Å². The van der Waals surface area contributed by atoms with Gasteiger partial charge in [-0.3, -0.25) is 14.6 Å². The largest absolute Gasteiger partial charge is 0.318 e. The van der Waals surface area contributed by atoms with Crippen molar-refractivity contribution in [3.63, 3.8) is 0 Å². The molecule has 23 heavy (non-hydrogen) atoms. The van der Waals surface area contributed by atoms with Gasteiger partial charge in [-0.05, 0) is 26.8 Å². The van der Waals surface area contributed by atoms with Crippen LogP contribution in [0.1, 0.15) is 28.7 Å². The highest BCUT2D eigenvalue weighted by molar-refractivity contribution is 6.03. The Hall–Kier alpha value is -2.89. The monoisotopic (exact) mass is 309 g/mol. The fraction of sp³-hybridized carbons (Fsp3) is 0.235. The minimum absolute atomic E-state index is 0.227. The third kappa shape index (κ3) is 3.01. The second-order valence-corrected chi connectivity index (χ2v) is 5.45. The molecule has 2 aromatic heterocycles. The van der Waals surface area contributed by atoms with Crippen LogP contribution >= 0.6 is 0 Å². The van der Waals surface area contributed by atoms with Crippen molar-refractivity contribution in [1.82, 2.24) is 20.0 Å². The minimum atomic E-state index is -0.227. The number of nitrogens with one attached hydrogen (secondary N) is 2. The van der Waals surface area contributed by atoms with Gasteiger partial charge in [-0.2, -0.15) is 10.2 Å². The third-order valence-electron chi connectivity index (χ3n) is 3.82. The number of aromatic nitrogens is 4. The molecule has 0 atom stereocenters. The van der Waals surface area contributed by atoms with Gasteiger partial charge in [0.2, 0.25) is 0 Å². The van der Waals surface area contributed by atoms with Crippen molar-refractivity contribution in [3.05, 3.63) is 53.5 Å². The summed E-state index contributed by atoms with van der Waals surface area (Å²) < 4.78 is 1.83. The zero-order valence-electron chi connectivity index (χ0n) is 13.4. The highest BCUT2D eigenvalue weighted by Gasteiger charge is 2.14. The molecule has 118 valence electrons. The average Bonchev–Trinajstić information content (AvgIpc) is 3.16. The Labute approximate surface area is 134 Å². The number of nitrogens with zero attached hydrogens (tertiary/aromatic N) is 3. The summed E-state index contributed by atoms with van der Waals surface area (Å²) in [5.74, 6) is -0.227. The summed E-state index contributed by atoms with van der Waals surface area (Å²) in [6, 6.07) is 9.77. The Balaban J connectivity index is 1.78. The molecule has 0 aliphatic carbocycles. The van der Waals surface area contributed by atoms with Crippen molar-refractivity contribution >= 4 is 11.6 Å². The van der Waals surface area contributed by atoms with Crippen LogP contribution in [0.3, 0.4) is 0 Å². The number of aryl methyl sites for hydroxylation is 2. The number of hydrogen-bond donors (Lipinski definition) is 2. The molecule has 1 aromatic carbocycles. The summed E-state index contributed by atoms with van der Waals surface area (Å²) in [5.41, 5.74) is 4.97. The van der Waals surface area contributed by atoms with Crippen LogP contribution in [-0.2, 0) is 6.54 Å². The van der Waals surface area contributed by atoms with Crippen molar-refractivity contribution in [3.8, 4) is 11.3 Å². The zero-order valence-corrected chi connectivity index (χ0v) is 13.4. The van der Waals surface area contributed by atoms with Crippen molar-refractivity contribution in [2.75, 3.05) is 5.32 Å². The van der Waals surface area contributed by atoms with Crippen LogP contribution in [0.15, 0.2) is 36.5 Å². The molecule has 1 amide bonds. The van der Waals surface area contributed by atoms with Crippen LogP contribution in [0.2, 0.25) is 0 Å². The smallest absolute Gasteiger partial charge is 0.273 e. The van der Waals surface area contributed by atoms with E-state index in [4.69, 9.17) is 0 Å². The molecule has 0 unspecified atom stereocenters. The number of aromatic amines is 1. The lowest BCUT2D eigenvalue weighted by atomic mass is 10.1. The van der Waals surface area contributed by atoms with Gasteiger partial charge in [0.1, 0.15) is 5.69 Å². The number of carbonyl (C=O) groups is 1. The summed E-state index contributed by atoms with van der Waals surface area (Å²) in [6.07, 6.45) is 1.66. The van der Waals surface area contributed by atoms with E-state index in [1.807, 2.05) is 49.7 Å². The standard InChI is InChI=1S/C17H19N5O/c1-4-22-12(3)16(10-18-22)19-17(23)15-9-14(20-21-15)13-7-5-11(2)6-8-13/h5-10H,4H2,1-3H3,(H,19,23)(H,20,21). The molecular weight excluding hydrogens is 290 g/mol. The molecule has 0 aliphatic heterocycles. The van der Waals surface area contributed by atoms with Crippen LogP contribution in [0.4, 0.5) is 5.69 Å². The maximum atomic E-state index is 12.3. The molecule has 6 heteroatoms. The van der Waals surface area contributed by atoms with Gasteiger partial charge in [-0.25, -0.2) is 0 Å². The normalized spacial score (nSPS) is 10.7. The maximum absolute atomic E-state index is 12.3. The fourth-order valence-electron chi connectivity index (χ4n) is 2.39. The molecular formula is C17H19N5O. The highest BCUT2D eigenvalue weighted by atomic mass is 16.1. The molecule has 0 fully saturated rings. The van der Waals surface area contributed by atoms with Crippen LogP contribution in [0.25, 0.3) is 11.3 Å². The molecule has 0 spiro atoms. The molecule has 2 N–H and O–H groups in total. The Bertz CT molecular complexity index is 829. The average molecular weight is 309 g/mol. The number of carbonyl (C=O) groups excluding carboxylic acids is 1. The third-order valence-corrected chi connectivity index (χ3v) is 3.82. The summed E-state index contributed by atoms with van der Waals surface area (Å²) in [4.78, 5) is 12.3. The SMILES string of the molecule is CCn1ncc(NC(=O)c2cc(-c3ccc(C)cc3)n[nH]2)c1C. The maximum Gasteiger partial charge on any atom is 0.273 e. The number of rotatable bonds is 4. The first-order chi connectivity index (χ1) is 11.1. The van der Waals surface area contributed by atoms with Gasteiger partial charge in [0, 0.05) is 12.1 Å². The van der Waals surface area contributed by atoms with E-state index in [0.717, 1.165) is 23.5 Å². The summed E-state index contributed by atoms with van der Waals surface area (Å²) in [5, 5.41) is 14.1. The first-order valence-corrected chi connectivity index (χ1v) is 7.54. The topological polar surface area (TPSA) is 75.6 Å². The van der Waals surface area contributed by atoms with Gasteiger partial charge in [0.25, 0.3) is 5.91 Å². The molecule has 0 bridgehead atoms. The van der Waals surface area contributed by atoms with Crippen LogP contribution in [0, 0.1) is 13.8 Å². The Kier molecular flexibility index (Phi) is 3.97. The lowest BCUT2D eigenvalue weighted by molar-refractivity contribution is 0.102. The van der Waals surface area contributed by atoms with Crippen LogP contribution < -0.4 is 5.32 Å².